The number of nitrogens with zero attached hydrogens (tertiary/aromatic N) is 1. The molecule has 2 heterocycles. The molecule has 0 fully saturated rings. The van der Waals surface area contributed by atoms with Gasteiger partial charge < -0.3 is 18.7 Å². The Morgan fingerprint density at radius 3 is 2.59 bits per heavy atom. The Balaban J connectivity index is 1.55. The molecule has 8 nitrogen and oxygen atoms in total. The standard InChI is InChI=1S/C19H22N2O6/c1-19(2,3)15-10-17(27-21-15)20-16(22)11-26-18(23)12-5-6-13-14(9-12)25-8-4-7-24-13/h5-6,9-10H,4,7-8,11H2,1-3H3,(H,20,22). The normalized spacial score (nSPS) is 13.6. The molecule has 1 amide bonds. The number of carbonyl (C=O) groups excluding carboxylic acids is 2. The van der Waals surface area contributed by atoms with E-state index in [4.69, 9.17) is 18.7 Å². The molecule has 1 aliphatic rings. The highest BCUT2D eigenvalue weighted by atomic mass is 16.5. The van der Waals surface area contributed by atoms with E-state index in [2.05, 4.69) is 10.5 Å². The fourth-order valence-electron chi connectivity index (χ4n) is 2.37. The molecule has 2 aromatic rings. The van der Waals surface area contributed by atoms with Crippen LogP contribution in [-0.2, 0) is 14.9 Å². The number of hydrogen-bond acceptors (Lipinski definition) is 7. The molecule has 3 rings (SSSR count). The number of nitrogens with one attached hydrogen (secondary N) is 1. The number of rotatable bonds is 4. The molecule has 0 atom stereocenters. The summed E-state index contributed by atoms with van der Waals surface area (Å²) < 4.78 is 21.2. The largest absolute Gasteiger partial charge is 0.490 e. The summed E-state index contributed by atoms with van der Waals surface area (Å²) in [6.07, 6.45) is 0.771. The maximum Gasteiger partial charge on any atom is 0.338 e. The molecule has 8 heteroatoms. The smallest absolute Gasteiger partial charge is 0.338 e. The molecule has 0 unspecified atom stereocenters. The van der Waals surface area contributed by atoms with Gasteiger partial charge in [0.05, 0.1) is 24.5 Å². The Morgan fingerprint density at radius 1 is 1.15 bits per heavy atom. The molecule has 0 spiro atoms. The van der Waals surface area contributed by atoms with E-state index in [1.165, 1.54) is 0 Å². The Bertz CT molecular complexity index is 837. The molecular weight excluding hydrogens is 352 g/mol. The summed E-state index contributed by atoms with van der Waals surface area (Å²) in [5, 5.41) is 6.42. The van der Waals surface area contributed by atoms with Gasteiger partial charge in [0, 0.05) is 17.9 Å². The molecule has 144 valence electrons. The van der Waals surface area contributed by atoms with Crippen molar-refractivity contribution in [2.45, 2.75) is 32.6 Å². The zero-order valence-electron chi connectivity index (χ0n) is 15.5. The quantitative estimate of drug-likeness (QED) is 0.821. The number of esters is 1. The second-order valence-corrected chi connectivity index (χ2v) is 7.16. The van der Waals surface area contributed by atoms with Crippen molar-refractivity contribution in [1.29, 1.82) is 0 Å². The van der Waals surface area contributed by atoms with Gasteiger partial charge in [-0.15, -0.1) is 0 Å². The van der Waals surface area contributed by atoms with E-state index in [1.807, 2.05) is 20.8 Å². The molecule has 0 bridgehead atoms. The Hall–Kier alpha value is -3.03. The van der Waals surface area contributed by atoms with Crippen molar-refractivity contribution in [3.8, 4) is 11.5 Å². The van der Waals surface area contributed by atoms with Gasteiger partial charge in [-0.1, -0.05) is 25.9 Å². The van der Waals surface area contributed by atoms with E-state index in [0.717, 1.165) is 6.42 Å². The van der Waals surface area contributed by atoms with Crippen LogP contribution in [0.5, 0.6) is 11.5 Å². The molecule has 0 saturated carbocycles. The molecule has 0 radical (unpaired) electrons. The third-order valence-electron chi connectivity index (χ3n) is 3.86. The monoisotopic (exact) mass is 374 g/mol. The predicted molar refractivity (Wildman–Crippen MR) is 96.2 cm³/mol. The summed E-state index contributed by atoms with van der Waals surface area (Å²) in [6, 6.07) is 6.41. The first kappa shape index (κ1) is 18.8. The number of hydrogen-bond donors (Lipinski definition) is 1. The van der Waals surface area contributed by atoms with E-state index in [0.29, 0.717) is 30.4 Å². The number of amides is 1. The highest BCUT2D eigenvalue weighted by Crippen LogP contribution is 2.30. The highest BCUT2D eigenvalue weighted by Gasteiger charge is 2.20. The van der Waals surface area contributed by atoms with Gasteiger partial charge >= 0.3 is 5.97 Å². The summed E-state index contributed by atoms with van der Waals surface area (Å²) in [6.45, 7) is 6.57. The van der Waals surface area contributed by atoms with Gasteiger partial charge in [-0.2, -0.15) is 0 Å². The van der Waals surface area contributed by atoms with Crippen LogP contribution in [0.3, 0.4) is 0 Å². The van der Waals surface area contributed by atoms with Crippen molar-refractivity contribution in [2.75, 3.05) is 25.1 Å². The van der Waals surface area contributed by atoms with Crippen molar-refractivity contribution in [3.63, 3.8) is 0 Å². The molecule has 1 aliphatic heterocycles. The number of ether oxygens (including phenoxy) is 3. The zero-order valence-corrected chi connectivity index (χ0v) is 15.5. The first-order valence-corrected chi connectivity index (χ1v) is 8.67. The Morgan fingerprint density at radius 2 is 1.89 bits per heavy atom. The van der Waals surface area contributed by atoms with E-state index in [-0.39, 0.29) is 16.9 Å². The van der Waals surface area contributed by atoms with Crippen LogP contribution in [0.4, 0.5) is 5.88 Å². The molecule has 1 aromatic carbocycles. The van der Waals surface area contributed by atoms with Crippen molar-refractivity contribution >= 4 is 17.8 Å². The summed E-state index contributed by atoms with van der Waals surface area (Å²) in [5.41, 5.74) is 0.791. The van der Waals surface area contributed by atoms with Crippen LogP contribution in [0.15, 0.2) is 28.8 Å². The SMILES string of the molecule is CC(C)(C)c1cc(NC(=O)COC(=O)c2ccc3c(c2)OCCCO3)on1. The topological polar surface area (TPSA) is 99.9 Å². The third-order valence-corrected chi connectivity index (χ3v) is 3.86. The minimum atomic E-state index is -0.631. The number of benzene rings is 1. The van der Waals surface area contributed by atoms with Crippen LogP contribution < -0.4 is 14.8 Å². The minimum absolute atomic E-state index is 0.198. The Kier molecular flexibility index (Phi) is 5.34. The summed E-state index contributed by atoms with van der Waals surface area (Å²) in [7, 11) is 0. The first-order valence-electron chi connectivity index (χ1n) is 8.67. The van der Waals surface area contributed by atoms with Crippen molar-refractivity contribution < 1.29 is 28.3 Å². The molecular formula is C19H22N2O6. The lowest BCUT2D eigenvalue weighted by Crippen LogP contribution is -2.20. The lowest BCUT2D eigenvalue weighted by atomic mass is 9.92. The molecule has 1 N–H and O–H groups in total. The van der Waals surface area contributed by atoms with E-state index in [9.17, 15) is 9.59 Å². The predicted octanol–water partition coefficient (Wildman–Crippen LogP) is 2.93. The second kappa shape index (κ2) is 7.69. The number of carbonyl (C=O) groups is 2. The van der Waals surface area contributed by atoms with Crippen molar-refractivity contribution in [1.82, 2.24) is 5.16 Å². The second-order valence-electron chi connectivity index (χ2n) is 7.16. The summed E-state index contributed by atoms with van der Waals surface area (Å²) >= 11 is 0. The van der Waals surface area contributed by atoms with Gasteiger partial charge in [0.15, 0.2) is 18.1 Å². The van der Waals surface area contributed by atoms with Crippen molar-refractivity contribution in [2.24, 2.45) is 0 Å². The minimum Gasteiger partial charge on any atom is -0.490 e. The van der Waals surface area contributed by atoms with E-state index in [1.54, 1.807) is 24.3 Å². The molecule has 0 saturated heterocycles. The average molecular weight is 374 g/mol. The number of anilines is 1. The average Bonchev–Trinajstić information content (AvgIpc) is 2.96. The van der Waals surface area contributed by atoms with E-state index < -0.39 is 18.5 Å². The van der Waals surface area contributed by atoms with Gasteiger partial charge in [-0.3, -0.25) is 10.1 Å². The van der Waals surface area contributed by atoms with Crippen LogP contribution in [0.1, 0.15) is 43.2 Å². The fraction of sp³-hybridized carbons (Fsp3) is 0.421. The summed E-state index contributed by atoms with van der Waals surface area (Å²) in [5.74, 6) is 0.129. The fourth-order valence-corrected chi connectivity index (χ4v) is 2.37. The molecule has 1 aromatic heterocycles. The highest BCUT2D eigenvalue weighted by molar-refractivity contribution is 5.95. The summed E-state index contributed by atoms with van der Waals surface area (Å²) in [4.78, 5) is 24.1. The number of aromatic nitrogens is 1. The number of fused-ring (bicyclic) bond motifs is 1. The lowest BCUT2D eigenvalue weighted by Gasteiger charge is -2.12. The van der Waals surface area contributed by atoms with Crippen molar-refractivity contribution in [3.05, 3.63) is 35.5 Å². The Labute approximate surface area is 156 Å². The van der Waals surface area contributed by atoms with Gasteiger partial charge in [0.25, 0.3) is 5.91 Å². The maximum absolute atomic E-state index is 12.2. The lowest BCUT2D eigenvalue weighted by molar-refractivity contribution is -0.119. The van der Waals surface area contributed by atoms with Crippen LogP contribution >= 0.6 is 0 Å². The molecule has 27 heavy (non-hydrogen) atoms. The van der Waals surface area contributed by atoms with Crippen LogP contribution in [0, 0.1) is 0 Å². The maximum atomic E-state index is 12.2. The van der Waals surface area contributed by atoms with Gasteiger partial charge in [-0.25, -0.2) is 4.79 Å². The van der Waals surface area contributed by atoms with E-state index >= 15 is 0 Å². The van der Waals surface area contributed by atoms with Gasteiger partial charge in [0.1, 0.15) is 0 Å². The van der Waals surface area contributed by atoms with Gasteiger partial charge in [0.2, 0.25) is 5.88 Å². The van der Waals surface area contributed by atoms with Gasteiger partial charge in [-0.05, 0) is 18.2 Å². The van der Waals surface area contributed by atoms with Crippen LogP contribution in [0.25, 0.3) is 0 Å². The van der Waals surface area contributed by atoms with Crippen LogP contribution in [-0.4, -0.2) is 36.9 Å². The van der Waals surface area contributed by atoms with Crippen LogP contribution in [0.2, 0.25) is 0 Å². The zero-order chi connectivity index (χ0) is 19.4. The third kappa shape index (κ3) is 4.78. The molecule has 0 aliphatic carbocycles. The first-order chi connectivity index (χ1) is 12.8.